The van der Waals surface area contributed by atoms with E-state index in [4.69, 9.17) is 14.4 Å². The SMILES string of the molecule is c1ccc(-c2cccc(-c3cc(-c4cccc5c4sc4ccccc45)nc(-n4c5ccccc5c5c6oc7ccccc7c6ccc54)n3)c2)cc1. The molecule has 0 saturated heterocycles. The number of nitrogens with zero attached hydrogens (tertiary/aromatic N) is 3. The highest BCUT2D eigenvalue weighted by molar-refractivity contribution is 7.26. The highest BCUT2D eigenvalue weighted by atomic mass is 32.1. The van der Waals surface area contributed by atoms with Crippen molar-refractivity contribution < 1.29 is 4.42 Å². The number of benzene rings is 7. The zero-order valence-electron chi connectivity index (χ0n) is 27.2. The number of furan rings is 1. The Labute approximate surface area is 296 Å². The summed E-state index contributed by atoms with van der Waals surface area (Å²) in [5.41, 5.74) is 9.98. The number of aromatic nitrogens is 3. The molecule has 0 bridgehead atoms. The van der Waals surface area contributed by atoms with E-state index in [0.29, 0.717) is 5.95 Å². The predicted octanol–water partition coefficient (Wildman–Crippen LogP) is 12.8. The molecule has 11 aromatic rings. The summed E-state index contributed by atoms with van der Waals surface area (Å²) in [4.78, 5) is 10.8. The van der Waals surface area contributed by atoms with Crippen molar-refractivity contribution in [1.82, 2.24) is 14.5 Å². The molecule has 0 amide bonds. The van der Waals surface area contributed by atoms with Crippen LogP contribution in [0.3, 0.4) is 0 Å². The molecule has 4 nitrogen and oxygen atoms in total. The molecule has 0 spiro atoms. The number of hydrogen-bond acceptors (Lipinski definition) is 4. The number of fused-ring (bicyclic) bond motifs is 10. The molecule has 0 N–H and O–H groups in total. The van der Waals surface area contributed by atoms with Gasteiger partial charge in [-0.25, -0.2) is 9.97 Å². The minimum absolute atomic E-state index is 0.618. The lowest BCUT2D eigenvalue weighted by Crippen LogP contribution is -2.04. The number of rotatable bonds is 4. The van der Waals surface area contributed by atoms with Gasteiger partial charge in [-0.1, -0.05) is 121 Å². The van der Waals surface area contributed by atoms with Crippen LogP contribution in [-0.4, -0.2) is 14.5 Å². The summed E-state index contributed by atoms with van der Waals surface area (Å²) >= 11 is 1.82. The first-order valence-corrected chi connectivity index (χ1v) is 17.9. The molecule has 0 saturated carbocycles. The fraction of sp³-hybridized carbons (Fsp3) is 0. The van der Waals surface area contributed by atoms with Crippen LogP contribution in [0.25, 0.3) is 104 Å². The summed E-state index contributed by atoms with van der Waals surface area (Å²) in [5, 5.41) is 6.89. The molecule has 238 valence electrons. The molecule has 4 aromatic heterocycles. The average molecular weight is 670 g/mol. The van der Waals surface area contributed by atoms with E-state index in [0.717, 1.165) is 71.8 Å². The average Bonchev–Trinajstić information content (AvgIpc) is 3.88. The monoisotopic (exact) mass is 669 g/mol. The first-order chi connectivity index (χ1) is 25.3. The van der Waals surface area contributed by atoms with Crippen molar-refractivity contribution >= 4 is 75.3 Å². The molecule has 0 radical (unpaired) electrons. The van der Waals surface area contributed by atoms with Crippen LogP contribution in [0.2, 0.25) is 0 Å². The van der Waals surface area contributed by atoms with Crippen LogP contribution < -0.4 is 0 Å². The standard InChI is InChI=1S/C46H27N3OS/c1-2-12-28(13-3-1)29-14-10-15-30(26-29)37-27-38(35-20-11-19-34-32-17-6-9-23-42(32)51-45(34)35)48-46(47-37)49-39-21-7-4-18-36(39)43-40(49)25-24-33-31-16-5-8-22-41(31)50-44(33)43/h1-27H. The van der Waals surface area contributed by atoms with Gasteiger partial charge >= 0.3 is 0 Å². The van der Waals surface area contributed by atoms with Crippen molar-refractivity contribution in [3.05, 3.63) is 164 Å². The molecule has 0 aliphatic carbocycles. The third-order valence-corrected chi connectivity index (χ3v) is 11.3. The molecular formula is C46H27N3OS. The molecule has 7 aromatic carbocycles. The lowest BCUT2D eigenvalue weighted by molar-refractivity contribution is 0.673. The van der Waals surface area contributed by atoms with Gasteiger partial charge in [0.2, 0.25) is 5.95 Å². The molecule has 0 aliphatic rings. The van der Waals surface area contributed by atoms with Crippen molar-refractivity contribution in [3.63, 3.8) is 0 Å². The summed E-state index contributed by atoms with van der Waals surface area (Å²) in [6.07, 6.45) is 0. The van der Waals surface area contributed by atoms with Gasteiger partial charge in [-0.3, -0.25) is 4.57 Å². The maximum atomic E-state index is 6.59. The summed E-state index contributed by atoms with van der Waals surface area (Å²) in [6.45, 7) is 0. The Morgan fingerprint density at radius 2 is 1.18 bits per heavy atom. The van der Waals surface area contributed by atoms with Crippen molar-refractivity contribution in [2.45, 2.75) is 0 Å². The molecule has 4 heterocycles. The van der Waals surface area contributed by atoms with Crippen LogP contribution in [0, 0.1) is 0 Å². The van der Waals surface area contributed by atoms with Gasteiger partial charge < -0.3 is 4.42 Å². The Bertz CT molecular complexity index is 3150. The topological polar surface area (TPSA) is 43.9 Å². The molecular weight excluding hydrogens is 643 g/mol. The van der Waals surface area contributed by atoms with Gasteiger partial charge in [-0.15, -0.1) is 11.3 Å². The largest absolute Gasteiger partial charge is 0.455 e. The zero-order valence-corrected chi connectivity index (χ0v) is 28.1. The maximum absolute atomic E-state index is 6.59. The molecule has 0 atom stereocenters. The lowest BCUT2D eigenvalue weighted by atomic mass is 10.0. The van der Waals surface area contributed by atoms with E-state index in [1.807, 2.05) is 23.5 Å². The van der Waals surface area contributed by atoms with Gasteiger partial charge in [0.05, 0.1) is 27.8 Å². The minimum Gasteiger partial charge on any atom is -0.455 e. The smallest absolute Gasteiger partial charge is 0.235 e. The van der Waals surface area contributed by atoms with E-state index in [1.165, 1.54) is 25.7 Å². The van der Waals surface area contributed by atoms with Crippen LogP contribution in [0.5, 0.6) is 0 Å². The molecule has 5 heteroatoms. The van der Waals surface area contributed by atoms with Gasteiger partial charge in [0.1, 0.15) is 11.2 Å². The third-order valence-electron chi connectivity index (χ3n) is 10.0. The van der Waals surface area contributed by atoms with E-state index < -0.39 is 0 Å². The highest BCUT2D eigenvalue weighted by Gasteiger charge is 2.22. The van der Waals surface area contributed by atoms with Gasteiger partial charge in [0, 0.05) is 47.5 Å². The third kappa shape index (κ3) is 4.32. The lowest BCUT2D eigenvalue weighted by Gasteiger charge is -2.13. The van der Waals surface area contributed by atoms with E-state index in [2.05, 4.69) is 156 Å². The quantitative estimate of drug-likeness (QED) is 0.187. The normalized spacial score (nSPS) is 11.9. The number of thiophene rings is 1. The molecule has 0 aliphatic heterocycles. The predicted molar refractivity (Wildman–Crippen MR) is 213 cm³/mol. The van der Waals surface area contributed by atoms with E-state index in [9.17, 15) is 0 Å². The summed E-state index contributed by atoms with van der Waals surface area (Å²) in [7, 11) is 0. The van der Waals surface area contributed by atoms with Gasteiger partial charge in [-0.05, 0) is 53.6 Å². The number of para-hydroxylation sites is 2. The fourth-order valence-electron chi connectivity index (χ4n) is 7.71. The van der Waals surface area contributed by atoms with Crippen LogP contribution in [-0.2, 0) is 0 Å². The zero-order chi connectivity index (χ0) is 33.5. The number of hydrogen-bond donors (Lipinski definition) is 0. The van der Waals surface area contributed by atoms with Crippen LogP contribution >= 0.6 is 11.3 Å². The maximum Gasteiger partial charge on any atom is 0.235 e. The summed E-state index contributed by atoms with van der Waals surface area (Å²) in [6, 6.07) is 57.6. The van der Waals surface area contributed by atoms with E-state index in [-0.39, 0.29) is 0 Å². The Morgan fingerprint density at radius 1 is 0.471 bits per heavy atom. The van der Waals surface area contributed by atoms with Gasteiger partial charge in [0.25, 0.3) is 0 Å². The molecule has 51 heavy (non-hydrogen) atoms. The Balaban J connectivity index is 1.22. The Kier molecular flexibility index (Phi) is 6.09. The molecule has 11 rings (SSSR count). The summed E-state index contributed by atoms with van der Waals surface area (Å²) in [5.74, 6) is 0.618. The van der Waals surface area contributed by atoms with E-state index >= 15 is 0 Å². The van der Waals surface area contributed by atoms with Crippen LogP contribution in [0.1, 0.15) is 0 Å². The van der Waals surface area contributed by atoms with Crippen LogP contribution in [0.4, 0.5) is 0 Å². The fourth-order valence-corrected chi connectivity index (χ4v) is 8.93. The van der Waals surface area contributed by atoms with Crippen molar-refractivity contribution in [2.24, 2.45) is 0 Å². The Hall–Kier alpha value is -6.56. The molecule has 0 fully saturated rings. The second-order valence-corrected chi connectivity index (χ2v) is 14.0. The van der Waals surface area contributed by atoms with Crippen molar-refractivity contribution in [1.29, 1.82) is 0 Å². The second-order valence-electron chi connectivity index (χ2n) is 13.0. The van der Waals surface area contributed by atoms with Gasteiger partial charge in [0.15, 0.2) is 0 Å². The first-order valence-electron chi connectivity index (χ1n) is 17.1. The second kappa shape index (κ2) is 11.0. The first kappa shape index (κ1) is 28.3. The minimum atomic E-state index is 0.618. The van der Waals surface area contributed by atoms with Gasteiger partial charge in [-0.2, -0.15) is 0 Å². The Morgan fingerprint density at radius 3 is 2.10 bits per heavy atom. The van der Waals surface area contributed by atoms with Crippen molar-refractivity contribution in [2.75, 3.05) is 0 Å². The van der Waals surface area contributed by atoms with Crippen molar-refractivity contribution in [3.8, 4) is 39.6 Å². The van der Waals surface area contributed by atoms with Crippen LogP contribution in [0.15, 0.2) is 168 Å². The summed E-state index contributed by atoms with van der Waals surface area (Å²) < 4.78 is 11.3. The highest BCUT2D eigenvalue weighted by Crippen LogP contribution is 2.43. The molecule has 0 unspecified atom stereocenters. The van der Waals surface area contributed by atoms with E-state index in [1.54, 1.807) is 0 Å².